The van der Waals surface area contributed by atoms with Crippen molar-refractivity contribution < 1.29 is 4.79 Å². The second-order valence-electron chi connectivity index (χ2n) is 6.64. The molecule has 4 nitrogen and oxygen atoms in total. The molecule has 0 fully saturated rings. The van der Waals surface area contributed by atoms with Crippen molar-refractivity contribution in [2.45, 2.75) is 13.8 Å². The van der Waals surface area contributed by atoms with Gasteiger partial charge in [0.2, 0.25) is 0 Å². The number of aryl methyl sites for hydroxylation is 2. The molecule has 28 heavy (non-hydrogen) atoms. The number of fused-ring (bicyclic) bond motifs is 1. The van der Waals surface area contributed by atoms with Crippen molar-refractivity contribution >= 4 is 40.6 Å². The van der Waals surface area contributed by atoms with Gasteiger partial charge in [-0.05, 0) is 55.3 Å². The third-order valence-electron chi connectivity index (χ3n) is 4.60. The average molecular weight is 410 g/mol. The number of hydrogen-bond donors (Lipinski definition) is 1. The maximum Gasteiger partial charge on any atom is 0.256 e. The van der Waals surface area contributed by atoms with Gasteiger partial charge in [-0.3, -0.25) is 9.20 Å². The first kappa shape index (κ1) is 18.5. The number of anilines is 1. The summed E-state index contributed by atoms with van der Waals surface area (Å²) in [5, 5.41) is 3.74. The van der Waals surface area contributed by atoms with Gasteiger partial charge in [-0.15, -0.1) is 0 Å². The number of imidazole rings is 1. The van der Waals surface area contributed by atoms with Crippen molar-refractivity contribution in [1.29, 1.82) is 0 Å². The van der Waals surface area contributed by atoms with Crippen molar-refractivity contribution in [2.24, 2.45) is 0 Å². The molecule has 2 aromatic heterocycles. The van der Waals surface area contributed by atoms with Crippen LogP contribution in [0, 0.1) is 13.8 Å². The summed E-state index contributed by atoms with van der Waals surface area (Å²) in [6, 6.07) is 16.7. The van der Waals surface area contributed by atoms with Gasteiger partial charge in [-0.1, -0.05) is 47.5 Å². The molecule has 1 N–H and O–H groups in total. The van der Waals surface area contributed by atoms with Crippen LogP contribution in [-0.2, 0) is 0 Å². The molecule has 2 aromatic carbocycles. The maximum absolute atomic E-state index is 12.9. The number of nitrogens with one attached hydrogen (secondary N) is 1. The van der Waals surface area contributed by atoms with Crippen molar-refractivity contribution in [3.05, 3.63) is 87.5 Å². The van der Waals surface area contributed by atoms with Crippen LogP contribution in [0.25, 0.3) is 16.9 Å². The van der Waals surface area contributed by atoms with Gasteiger partial charge in [-0.25, -0.2) is 4.98 Å². The highest BCUT2D eigenvalue weighted by molar-refractivity contribution is 6.42. The minimum atomic E-state index is -0.282. The number of rotatable bonds is 3. The summed E-state index contributed by atoms with van der Waals surface area (Å²) in [6.45, 7) is 4.03. The molecule has 4 aromatic rings. The number of halogens is 2. The van der Waals surface area contributed by atoms with Crippen LogP contribution in [0.1, 0.15) is 21.5 Å². The molecule has 0 radical (unpaired) electrons. The van der Waals surface area contributed by atoms with Crippen LogP contribution in [0.4, 0.5) is 5.82 Å². The number of nitrogens with zero attached hydrogens (tertiary/aromatic N) is 2. The normalized spacial score (nSPS) is 11.0. The second-order valence-corrected chi connectivity index (χ2v) is 7.45. The molecule has 2 heterocycles. The predicted molar refractivity (Wildman–Crippen MR) is 115 cm³/mol. The Labute approximate surface area is 172 Å². The Kier molecular flexibility index (Phi) is 4.84. The van der Waals surface area contributed by atoms with E-state index in [4.69, 9.17) is 28.2 Å². The van der Waals surface area contributed by atoms with Crippen LogP contribution in [0.15, 0.2) is 60.8 Å². The smallest absolute Gasteiger partial charge is 0.256 e. The van der Waals surface area contributed by atoms with Gasteiger partial charge >= 0.3 is 0 Å². The van der Waals surface area contributed by atoms with Gasteiger partial charge in [0.15, 0.2) is 0 Å². The molecular weight excluding hydrogens is 393 g/mol. The molecule has 0 bridgehead atoms. The van der Waals surface area contributed by atoms with E-state index in [9.17, 15) is 4.79 Å². The van der Waals surface area contributed by atoms with E-state index in [0.717, 1.165) is 28.0 Å². The Bertz CT molecular complexity index is 1210. The first-order chi connectivity index (χ1) is 13.4. The van der Waals surface area contributed by atoms with Crippen molar-refractivity contribution in [3.63, 3.8) is 0 Å². The summed E-state index contributed by atoms with van der Waals surface area (Å²) in [5.41, 5.74) is 5.05. The highest BCUT2D eigenvalue weighted by Gasteiger charge is 2.19. The Hall–Kier alpha value is -2.82. The lowest BCUT2D eigenvalue weighted by molar-refractivity contribution is 0.102. The summed E-state index contributed by atoms with van der Waals surface area (Å²) in [6.07, 6.45) is 1.91. The Balaban J connectivity index is 1.85. The molecule has 0 unspecified atom stereocenters. The molecule has 0 spiro atoms. The van der Waals surface area contributed by atoms with E-state index in [0.29, 0.717) is 21.4 Å². The van der Waals surface area contributed by atoms with Gasteiger partial charge < -0.3 is 5.32 Å². The molecule has 0 saturated heterocycles. The first-order valence-electron chi connectivity index (χ1n) is 8.75. The van der Waals surface area contributed by atoms with Crippen molar-refractivity contribution in [2.75, 3.05) is 5.32 Å². The number of carbonyl (C=O) groups excluding carboxylic acids is 1. The summed E-state index contributed by atoms with van der Waals surface area (Å²) in [4.78, 5) is 17.7. The Morgan fingerprint density at radius 1 is 1.00 bits per heavy atom. The molecule has 0 saturated carbocycles. The zero-order valence-electron chi connectivity index (χ0n) is 15.3. The highest BCUT2D eigenvalue weighted by atomic mass is 35.5. The molecule has 0 aliphatic heterocycles. The summed E-state index contributed by atoms with van der Waals surface area (Å²) in [7, 11) is 0. The first-order valence-corrected chi connectivity index (χ1v) is 9.51. The number of amides is 1. The maximum atomic E-state index is 12.9. The Morgan fingerprint density at radius 2 is 1.79 bits per heavy atom. The van der Waals surface area contributed by atoms with E-state index in [2.05, 4.69) is 5.32 Å². The molecular formula is C22H17Cl2N3O. The van der Waals surface area contributed by atoms with Gasteiger partial charge in [0.05, 0.1) is 10.0 Å². The minimum absolute atomic E-state index is 0.282. The molecule has 1 amide bonds. The third-order valence-corrected chi connectivity index (χ3v) is 5.33. The summed E-state index contributed by atoms with van der Waals surface area (Å²) >= 11 is 12.0. The van der Waals surface area contributed by atoms with Crippen molar-refractivity contribution in [1.82, 2.24) is 9.38 Å². The predicted octanol–water partition coefficient (Wildman–Crippen LogP) is 6.18. The van der Waals surface area contributed by atoms with Crippen LogP contribution in [0.5, 0.6) is 0 Å². The zero-order valence-corrected chi connectivity index (χ0v) is 16.8. The molecule has 6 heteroatoms. The molecule has 140 valence electrons. The minimum Gasteiger partial charge on any atom is -0.306 e. The van der Waals surface area contributed by atoms with Crippen molar-refractivity contribution in [3.8, 4) is 11.3 Å². The van der Waals surface area contributed by atoms with Crippen LogP contribution in [-0.4, -0.2) is 15.3 Å². The molecule has 0 aliphatic carbocycles. The van der Waals surface area contributed by atoms with E-state index in [1.54, 1.807) is 18.2 Å². The lowest BCUT2D eigenvalue weighted by Gasteiger charge is -2.10. The van der Waals surface area contributed by atoms with E-state index in [-0.39, 0.29) is 5.91 Å². The fourth-order valence-electron chi connectivity index (χ4n) is 3.11. The number of hydrogen-bond acceptors (Lipinski definition) is 2. The topological polar surface area (TPSA) is 46.4 Å². The van der Waals surface area contributed by atoms with E-state index >= 15 is 0 Å². The van der Waals surface area contributed by atoms with Gasteiger partial charge in [0.1, 0.15) is 17.2 Å². The van der Waals surface area contributed by atoms with Crippen LogP contribution >= 0.6 is 23.2 Å². The third kappa shape index (κ3) is 3.37. The van der Waals surface area contributed by atoms with Crippen LogP contribution in [0.3, 0.4) is 0 Å². The van der Waals surface area contributed by atoms with E-state index < -0.39 is 0 Å². The van der Waals surface area contributed by atoms with E-state index in [1.165, 1.54) is 0 Å². The highest BCUT2D eigenvalue weighted by Crippen LogP contribution is 2.32. The van der Waals surface area contributed by atoms with Crippen LogP contribution < -0.4 is 5.32 Å². The lowest BCUT2D eigenvalue weighted by atomic mass is 10.1. The number of benzene rings is 2. The molecule has 0 atom stereocenters. The fourth-order valence-corrected chi connectivity index (χ4v) is 3.41. The van der Waals surface area contributed by atoms with E-state index in [1.807, 2.05) is 60.8 Å². The fraction of sp³-hybridized carbons (Fsp3) is 0.0909. The lowest BCUT2D eigenvalue weighted by Crippen LogP contribution is -2.14. The quantitative estimate of drug-likeness (QED) is 0.439. The second kappa shape index (κ2) is 7.30. The van der Waals surface area contributed by atoms with Gasteiger partial charge in [0.25, 0.3) is 5.91 Å². The number of carbonyl (C=O) groups is 1. The Morgan fingerprint density at radius 3 is 2.54 bits per heavy atom. The van der Waals surface area contributed by atoms with Gasteiger partial charge in [-0.2, -0.15) is 0 Å². The average Bonchev–Trinajstić information content (AvgIpc) is 3.01. The summed E-state index contributed by atoms with van der Waals surface area (Å²) < 4.78 is 1.88. The van der Waals surface area contributed by atoms with Crippen LogP contribution in [0.2, 0.25) is 10.0 Å². The standard InChI is InChI=1S/C22H17Cl2N3O/c1-13-9-10-27-19(11-13)25-20(16-6-4-3-5-14(16)2)21(27)26-22(28)15-7-8-17(23)18(24)12-15/h3-12H,1-2H3,(H,26,28). The number of pyridine rings is 1. The SMILES string of the molecule is Cc1ccn2c(NC(=O)c3ccc(Cl)c(Cl)c3)c(-c3ccccc3C)nc2c1. The number of aromatic nitrogens is 2. The summed E-state index contributed by atoms with van der Waals surface area (Å²) in [5.74, 6) is 0.330. The molecule has 0 aliphatic rings. The largest absolute Gasteiger partial charge is 0.306 e. The molecule has 4 rings (SSSR count). The van der Waals surface area contributed by atoms with Gasteiger partial charge in [0, 0.05) is 17.3 Å². The monoisotopic (exact) mass is 409 g/mol. The zero-order chi connectivity index (χ0) is 19.8.